The van der Waals surface area contributed by atoms with Gasteiger partial charge >= 0.3 is 6.03 Å². The van der Waals surface area contributed by atoms with Crippen LogP contribution in [0.2, 0.25) is 0 Å². The number of urea groups is 1. The number of rotatable bonds is 6. The third-order valence-electron chi connectivity index (χ3n) is 4.38. The van der Waals surface area contributed by atoms with Gasteiger partial charge in [-0.05, 0) is 43.6 Å². The van der Waals surface area contributed by atoms with Crippen molar-refractivity contribution in [1.29, 1.82) is 0 Å². The summed E-state index contributed by atoms with van der Waals surface area (Å²) in [5.74, 6) is 0.269. The van der Waals surface area contributed by atoms with Crippen LogP contribution in [0.15, 0.2) is 24.3 Å². The lowest BCUT2D eigenvalue weighted by atomic mass is 10.1. The monoisotopic (exact) mass is 305 g/mol. The maximum absolute atomic E-state index is 12.2. The summed E-state index contributed by atoms with van der Waals surface area (Å²) in [7, 11) is 0. The molecule has 0 aromatic heterocycles. The number of benzene rings is 1. The molecule has 1 saturated heterocycles. The molecule has 122 valence electrons. The Kier molecular flexibility index (Phi) is 6.07. The van der Waals surface area contributed by atoms with Gasteiger partial charge in [0.1, 0.15) is 5.75 Å². The molecule has 0 saturated carbocycles. The Morgan fingerprint density at radius 2 is 2.18 bits per heavy atom. The SMILES string of the molecule is CCN(CC)[C@H]1CCN(C(=O)NCCc2cccc(O)c2)C1. The number of hydrogen-bond donors (Lipinski definition) is 2. The van der Waals surface area contributed by atoms with Crippen LogP contribution in [-0.4, -0.2) is 59.7 Å². The number of hydrogen-bond acceptors (Lipinski definition) is 3. The second-order valence-corrected chi connectivity index (χ2v) is 5.76. The van der Waals surface area contributed by atoms with Crippen LogP contribution in [0, 0.1) is 0 Å². The molecule has 22 heavy (non-hydrogen) atoms. The zero-order valence-electron chi connectivity index (χ0n) is 13.6. The van der Waals surface area contributed by atoms with E-state index in [-0.39, 0.29) is 11.8 Å². The Labute approximate surface area is 132 Å². The highest BCUT2D eigenvalue weighted by molar-refractivity contribution is 5.74. The lowest BCUT2D eigenvalue weighted by Gasteiger charge is -2.26. The summed E-state index contributed by atoms with van der Waals surface area (Å²) >= 11 is 0. The normalized spacial score (nSPS) is 18.0. The molecule has 0 spiro atoms. The Balaban J connectivity index is 1.74. The van der Waals surface area contributed by atoms with Gasteiger partial charge in [-0.25, -0.2) is 4.79 Å². The summed E-state index contributed by atoms with van der Waals surface area (Å²) in [5.41, 5.74) is 1.03. The minimum Gasteiger partial charge on any atom is -0.508 e. The van der Waals surface area contributed by atoms with Crippen LogP contribution in [0.4, 0.5) is 4.79 Å². The molecular weight excluding hydrogens is 278 g/mol. The predicted octanol–water partition coefficient (Wildman–Crippen LogP) is 2.06. The van der Waals surface area contributed by atoms with E-state index in [2.05, 4.69) is 24.1 Å². The van der Waals surface area contributed by atoms with E-state index in [1.54, 1.807) is 12.1 Å². The summed E-state index contributed by atoms with van der Waals surface area (Å²) in [6, 6.07) is 7.68. The number of likely N-dealkylation sites (N-methyl/N-ethyl adjacent to an activating group) is 1. The van der Waals surface area contributed by atoms with Crippen LogP contribution in [0.1, 0.15) is 25.8 Å². The number of nitrogens with zero attached hydrogens (tertiary/aromatic N) is 2. The first kappa shape index (κ1) is 16.6. The quantitative estimate of drug-likeness (QED) is 0.846. The van der Waals surface area contributed by atoms with Gasteiger partial charge in [0, 0.05) is 25.7 Å². The first-order chi connectivity index (χ1) is 10.6. The molecule has 1 aromatic carbocycles. The molecule has 2 rings (SSSR count). The maximum atomic E-state index is 12.2. The van der Waals surface area contributed by atoms with Crippen LogP contribution < -0.4 is 5.32 Å². The Bertz CT molecular complexity index is 489. The molecule has 0 aliphatic carbocycles. The van der Waals surface area contributed by atoms with Crippen molar-refractivity contribution in [3.8, 4) is 5.75 Å². The molecule has 1 heterocycles. The zero-order valence-corrected chi connectivity index (χ0v) is 13.6. The van der Waals surface area contributed by atoms with E-state index in [4.69, 9.17) is 0 Å². The molecule has 5 heteroatoms. The summed E-state index contributed by atoms with van der Waals surface area (Å²) < 4.78 is 0. The number of likely N-dealkylation sites (tertiary alicyclic amines) is 1. The van der Waals surface area contributed by atoms with E-state index in [0.717, 1.165) is 44.6 Å². The molecule has 5 nitrogen and oxygen atoms in total. The highest BCUT2D eigenvalue weighted by atomic mass is 16.3. The fourth-order valence-electron chi connectivity index (χ4n) is 3.10. The smallest absolute Gasteiger partial charge is 0.317 e. The van der Waals surface area contributed by atoms with Crippen LogP contribution in [-0.2, 0) is 6.42 Å². The highest BCUT2D eigenvalue weighted by Crippen LogP contribution is 2.15. The van der Waals surface area contributed by atoms with E-state index >= 15 is 0 Å². The maximum Gasteiger partial charge on any atom is 0.317 e. The zero-order chi connectivity index (χ0) is 15.9. The molecule has 2 N–H and O–H groups in total. The number of carbonyl (C=O) groups excluding carboxylic acids is 1. The van der Waals surface area contributed by atoms with Crippen LogP contribution >= 0.6 is 0 Å². The average molecular weight is 305 g/mol. The Morgan fingerprint density at radius 1 is 1.41 bits per heavy atom. The molecule has 1 aliphatic heterocycles. The van der Waals surface area contributed by atoms with E-state index < -0.39 is 0 Å². The van der Waals surface area contributed by atoms with Crippen molar-refractivity contribution in [1.82, 2.24) is 15.1 Å². The van der Waals surface area contributed by atoms with Gasteiger partial charge in [0.05, 0.1) is 0 Å². The minimum absolute atomic E-state index is 0.0230. The standard InChI is InChI=1S/C17H27N3O2/c1-3-19(4-2)15-9-11-20(13-15)17(22)18-10-8-14-6-5-7-16(21)12-14/h5-7,12,15,21H,3-4,8-11,13H2,1-2H3,(H,18,22)/t15-/m0/s1. The van der Waals surface area contributed by atoms with E-state index in [1.165, 1.54) is 0 Å². The van der Waals surface area contributed by atoms with Crippen molar-refractivity contribution >= 4 is 6.03 Å². The fraction of sp³-hybridized carbons (Fsp3) is 0.588. The number of phenolic OH excluding ortho intramolecular Hbond substituents is 1. The topological polar surface area (TPSA) is 55.8 Å². The van der Waals surface area contributed by atoms with Crippen LogP contribution in [0.25, 0.3) is 0 Å². The van der Waals surface area contributed by atoms with Crippen molar-refractivity contribution in [2.75, 3.05) is 32.7 Å². The molecular formula is C17H27N3O2. The van der Waals surface area contributed by atoms with Crippen LogP contribution in [0.3, 0.4) is 0 Å². The lowest BCUT2D eigenvalue weighted by Crippen LogP contribution is -2.42. The van der Waals surface area contributed by atoms with E-state index in [9.17, 15) is 9.90 Å². The summed E-state index contributed by atoms with van der Waals surface area (Å²) in [4.78, 5) is 16.5. The largest absolute Gasteiger partial charge is 0.508 e. The lowest BCUT2D eigenvalue weighted by molar-refractivity contribution is 0.193. The third kappa shape index (κ3) is 4.37. The number of carbonyl (C=O) groups is 1. The molecule has 2 amide bonds. The van der Waals surface area contributed by atoms with Crippen molar-refractivity contribution < 1.29 is 9.90 Å². The Hall–Kier alpha value is -1.75. The summed E-state index contributed by atoms with van der Waals surface area (Å²) in [6.45, 7) is 8.65. The van der Waals surface area contributed by atoms with Gasteiger partial charge in [0.15, 0.2) is 0 Å². The van der Waals surface area contributed by atoms with E-state index in [0.29, 0.717) is 12.6 Å². The summed E-state index contributed by atoms with van der Waals surface area (Å²) in [6.07, 6.45) is 1.79. The van der Waals surface area contributed by atoms with Gasteiger partial charge < -0.3 is 15.3 Å². The van der Waals surface area contributed by atoms with Gasteiger partial charge in [0.2, 0.25) is 0 Å². The molecule has 0 unspecified atom stereocenters. The van der Waals surface area contributed by atoms with Crippen molar-refractivity contribution in [2.45, 2.75) is 32.7 Å². The van der Waals surface area contributed by atoms with Crippen molar-refractivity contribution in [2.24, 2.45) is 0 Å². The molecule has 0 bridgehead atoms. The fourth-order valence-corrected chi connectivity index (χ4v) is 3.10. The molecule has 1 atom stereocenters. The second-order valence-electron chi connectivity index (χ2n) is 5.76. The van der Waals surface area contributed by atoms with Gasteiger partial charge in [-0.15, -0.1) is 0 Å². The van der Waals surface area contributed by atoms with Crippen molar-refractivity contribution in [3.05, 3.63) is 29.8 Å². The molecule has 1 aromatic rings. The predicted molar refractivity (Wildman–Crippen MR) is 88.1 cm³/mol. The Morgan fingerprint density at radius 3 is 2.86 bits per heavy atom. The molecule has 0 radical (unpaired) electrons. The average Bonchev–Trinajstić information content (AvgIpc) is 2.98. The minimum atomic E-state index is 0.0230. The van der Waals surface area contributed by atoms with Crippen molar-refractivity contribution in [3.63, 3.8) is 0 Å². The number of amides is 2. The third-order valence-corrected chi connectivity index (χ3v) is 4.38. The number of phenols is 1. The number of aromatic hydroxyl groups is 1. The first-order valence-corrected chi connectivity index (χ1v) is 8.18. The summed E-state index contributed by atoms with van der Waals surface area (Å²) in [5, 5.41) is 12.4. The number of nitrogens with one attached hydrogen (secondary N) is 1. The van der Waals surface area contributed by atoms with Gasteiger partial charge in [-0.2, -0.15) is 0 Å². The van der Waals surface area contributed by atoms with Gasteiger partial charge in [-0.3, -0.25) is 4.90 Å². The van der Waals surface area contributed by atoms with Crippen LogP contribution in [0.5, 0.6) is 5.75 Å². The van der Waals surface area contributed by atoms with Gasteiger partial charge in [-0.1, -0.05) is 26.0 Å². The second kappa shape index (κ2) is 8.03. The molecule has 1 fully saturated rings. The van der Waals surface area contributed by atoms with Gasteiger partial charge in [0.25, 0.3) is 0 Å². The first-order valence-electron chi connectivity index (χ1n) is 8.18. The highest BCUT2D eigenvalue weighted by Gasteiger charge is 2.28. The van der Waals surface area contributed by atoms with E-state index in [1.807, 2.05) is 17.0 Å². The molecule has 1 aliphatic rings.